The van der Waals surface area contributed by atoms with Gasteiger partial charge < -0.3 is 24.7 Å². The lowest BCUT2D eigenvalue weighted by Crippen LogP contribution is -2.50. The highest BCUT2D eigenvalue weighted by atomic mass is 16.5. The van der Waals surface area contributed by atoms with Gasteiger partial charge in [-0.2, -0.15) is 0 Å². The first kappa shape index (κ1) is 14.2. The third-order valence-corrected chi connectivity index (χ3v) is 3.68. The summed E-state index contributed by atoms with van der Waals surface area (Å²) in [4.78, 5) is 28.5. The molecule has 0 bridgehead atoms. The standard InChI is InChI=1S/C15H17N3O4/c1-21-10-5-9-6-11(17-14(9)12(7-10)22-2)15(20)18-4-3-16-13(19)8-18/h5-7,17H,3-4,8H2,1-2H3,(H,16,19). The molecule has 1 saturated heterocycles. The van der Waals surface area contributed by atoms with Crippen LogP contribution in [-0.2, 0) is 4.79 Å². The zero-order valence-electron chi connectivity index (χ0n) is 12.4. The maximum absolute atomic E-state index is 12.5. The normalized spacial score (nSPS) is 14.8. The first-order valence-corrected chi connectivity index (χ1v) is 6.93. The highest BCUT2D eigenvalue weighted by molar-refractivity contribution is 6.01. The molecular formula is C15H17N3O4. The predicted octanol–water partition coefficient (Wildman–Crippen LogP) is 0.757. The molecule has 2 N–H and O–H groups in total. The van der Waals surface area contributed by atoms with E-state index in [0.717, 1.165) is 10.9 Å². The number of rotatable bonds is 3. The van der Waals surface area contributed by atoms with Gasteiger partial charge in [-0.3, -0.25) is 9.59 Å². The van der Waals surface area contributed by atoms with Crippen molar-refractivity contribution in [3.05, 3.63) is 23.9 Å². The predicted molar refractivity (Wildman–Crippen MR) is 80.3 cm³/mol. The van der Waals surface area contributed by atoms with Gasteiger partial charge >= 0.3 is 0 Å². The zero-order chi connectivity index (χ0) is 15.7. The molecule has 0 atom stereocenters. The Morgan fingerprint density at radius 1 is 1.23 bits per heavy atom. The SMILES string of the molecule is COc1cc(OC)c2[nH]c(C(=O)N3CCNC(=O)C3)cc2c1. The second-order valence-electron chi connectivity index (χ2n) is 5.05. The fourth-order valence-corrected chi connectivity index (χ4v) is 2.56. The molecule has 0 radical (unpaired) electrons. The largest absolute Gasteiger partial charge is 0.497 e. The molecule has 0 saturated carbocycles. The van der Waals surface area contributed by atoms with Crippen LogP contribution in [-0.4, -0.2) is 55.6 Å². The quantitative estimate of drug-likeness (QED) is 0.877. The van der Waals surface area contributed by atoms with E-state index in [4.69, 9.17) is 9.47 Å². The van der Waals surface area contributed by atoms with Crippen LogP contribution in [0, 0.1) is 0 Å². The van der Waals surface area contributed by atoms with Crippen molar-refractivity contribution < 1.29 is 19.1 Å². The number of nitrogens with zero attached hydrogens (tertiary/aromatic N) is 1. The minimum Gasteiger partial charge on any atom is -0.497 e. The number of amides is 2. The molecule has 2 aromatic rings. The molecule has 2 amide bonds. The topological polar surface area (TPSA) is 83.7 Å². The Hall–Kier alpha value is -2.70. The first-order chi connectivity index (χ1) is 10.6. The van der Waals surface area contributed by atoms with Crippen molar-refractivity contribution in [1.82, 2.24) is 15.2 Å². The number of aromatic amines is 1. The van der Waals surface area contributed by atoms with Crippen molar-refractivity contribution >= 4 is 22.7 Å². The molecule has 116 valence electrons. The molecule has 1 aliphatic heterocycles. The van der Waals surface area contributed by atoms with E-state index in [2.05, 4.69) is 10.3 Å². The minimum atomic E-state index is -0.202. The molecule has 1 fully saturated rings. The molecule has 2 heterocycles. The van der Waals surface area contributed by atoms with E-state index in [9.17, 15) is 9.59 Å². The molecule has 1 aromatic heterocycles. The summed E-state index contributed by atoms with van der Waals surface area (Å²) in [6.07, 6.45) is 0. The maximum atomic E-state index is 12.5. The second-order valence-corrected chi connectivity index (χ2v) is 5.05. The van der Waals surface area contributed by atoms with Gasteiger partial charge in [-0.15, -0.1) is 0 Å². The molecule has 3 rings (SSSR count). The molecule has 0 aliphatic carbocycles. The summed E-state index contributed by atoms with van der Waals surface area (Å²) in [5.41, 5.74) is 1.16. The number of aromatic nitrogens is 1. The van der Waals surface area contributed by atoms with Gasteiger partial charge in [-0.25, -0.2) is 0 Å². The van der Waals surface area contributed by atoms with Crippen LogP contribution in [0.1, 0.15) is 10.5 Å². The summed E-state index contributed by atoms with van der Waals surface area (Å²) >= 11 is 0. The van der Waals surface area contributed by atoms with E-state index in [1.165, 1.54) is 4.90 Å². The van der Waals surface area contributed by atoms with Crippen molar-refractivity contribution in [2.75, 3.05) is 33.9 Å². The summed E-state index contributed by atoms with van der Waals surface area (Å²) in [5.74, 6) is 0.909. The lowest BCUT2D eigenvalue weighted by atomic mass is 10.2. The number of carbonyl (C=O) groups excluding carboxylic acids is 2. The number of methoxy groups -OCH3 is 2. The number of piperazine rings is 1. The summed E-state index contributed by atoms with van der Waals surface area (Å²) in [6, 6.07) is 5.32. The number of hydrogen-bond acceptors (Lipinski definition) is 4. The van der Waals surface area contributed by atoms with E-state index < -0.39 is 0 Å². The molecule has 0 spiro atoms. The van der Waals surface area contributed by atoms with Crippen LogP contribution in [0.5, 0.6) is 11.5 Å². The van der Waals surface area contributed by atoms with Gasteiger partial charge in [0.05, 0.1) is 26.3 Å². The van der Waals surface area contributed by atoms with Crippen LogP contribution in [0.2, 0.25) is 0 Å². The monoisotopic (exact) mass is 303 g/mol. The van der Waals surface area contributed by atoms with Crippen molar-refractivity contribution in [2.45, 2.75) is 0 Å². The number of benzene rings is 1. The van der Waals surface area contributed by atoms with E-state index in [1.54, 1.807) is 26.4 Å². The molecule has 7 nitrogen and oxygen atoms in total. The van der Waals surface area contributed by atoms with E-state index in [0.29, 0.717) is 30.3 Å². The molecule has 1 aliphatic rings. The van der Waals surface area contributed by atoms with Gasteiger partial charge in [0.15, 0.2) is 0 Å². The zero-order valence-corrected chi connectivity index (χ0v) is 12.4. The van der Waals surface area contributed by atoms with Crippen molar-refractivity contribution in [2.24, 2.45) is 0 Å². The maximum Gasteiger partial charge on any atom is 0.270 e. The average Bonchev–Trinajstić information content (AvgIpc) is 2.97. The summed E-state index contributed by atoms with van der Waals surface area (Å²) < 4.78 is 10.5. The Morgan fingerprint density at radius 3 is 2.73 bits per heavy atom. The van der Waals surface area contributed by atoms with Crippen LogP contribution >= 0.6 is 0 Å². The number of H-pyrrole nitrogens is 1. The number of fused-ring (bicyclic) bond motifs is 1. The van der Waals surface area contributed by atoms with Crippen molar-refractivity contribution in [3.8, 4) is 11.5 Å². The second kappa shape index (κ2) is 5.59. The van der Waals surface area contributed by atoms with E-state index >= 15 is 0 Å². The molecular weight excluding hydrogens is 286 g/mol. The number of hydrogen-bond donors (Lipinski definition) is 2. The summed E-state index contributed by atoms with van der Waals surface area (Å²) in [7, 11) is 3.14. The molecule has 1 aromatic carbocycles. The van der Waals surface area contributed by atoms with Gasteiger partial charge in [0.25, 0.3) is 5.91 Å². The van der Waals surface area contributed by atoms with Crippen LogP contribution in [0.3, 0.4) is 0 Å². The van der Waals surface area contributed by atoms with Crippen LogP contribution in [0.25, 0.3) is 10.9 Å². The van der Waals surface area contributed by atoms with Gasteiger partial charge in [0.2, 0.25) is 5.91 Å². The smallest absolute Gasteiger partial charge is 0.270 e. The van der Waals surface area contributed by atoms with Gasteiger partial charge in [-0.1, -0.05) is 0 Å². The lowest BCUT2D eigenvalue weighted by Gasteiger charge is -2.26. The first-order valence-electron chi connectivity index (χ1n) is 6.93. The highest BCUT2D eigenvalue weighted by Gasteiger charge is 2.24. The Balaban J connectivity index is 1.97. The summed E-state index contributed by atoms with van der Waals surface area (Å²) in [5, 5.41) is 3.52. The van der Waals surface area contributed by atoms with Crippen molar-refractivity contribution in [1.29, 1.82) is 0 Å². The number of ether oxygens (including phenoxy) is 2. The summed E-state index contributed by atoms with van der Waals surface area (Å²) in [6.45, 7) is 1.05. The average molecular weight is 303 g/mol. The highest BCUT2D eigenvalue weighted by Crippen LogP contribution is 2.31. The van der Waals surface area contributed by atoms with Crippen LogP contribution in [0.4, 0.5) is 0 Å². The number of nitrogens with one attached hydrogen (secondary N) is 2. The van der Waals surface area contributed by atoms with Gasteiger partial charge in [-0.05, 0) is 12.1 Å². The molecule has 22 heavy (non-hydrogen) atoms. The van der Waals surface area contributed by atoms with Crippen molar-refractivity contribution in [3.63, 3.8) is 0 Å². The van der Waals surface area contributed by atoms with E-state index in [-0.39, 0.29) is 18.4 Å². The Labute approximate surface area is 127 Å². The van der Waals surface area contributed by atoms with E-state index in [1.807, 2.05) is 6.07 Å². The Morgan fingerprint density at radius 2 is 2.05 bits per heavy atom. The molecule has 0 unspecified atom stereocenters. The Bertz CT molecular complexity index is 738. The van der Waals surface area contributed by atoms with Gasteiger partial charge in [0, 0.05) is 24.5 Å². The van der Waals surface area contributed by atoms with Crippen LogP contribution < -0.4 is 14.8 Å². The fraction of sp³-hybridized carbons (Fsp3) is 0.333. The lowest BCUT2D eigenvalue weighted by molar-refractivity contribution is -0.123. The molecule has 7 heteroatoms. The van der Waals surface area contributed by atoms with Gasteiger partial charge in [0.1, 0.15) is 17.2 Å². The Kier molecular flexibility index (Phi) is 3.62. The third kappa shape index (κ3) is 2.45. The minimum absolute atomic E-state index is 0.0780. The third-order valence-electron chi connectivity index (χ3n) is 3.68. The number of carbonyl (C=O) groups is 2. The van der Waals surface area contributed by atoms with Crippen LogP contribution in [0.15, 0.2) is 18.2 Å². The fourth-order valence-electron chi connectivity index (χ4n) is 2.56.